The van der Waals surface area contributed by atoms with Gasteiger partial charge in [-0.05, 0) is 30.2 Å². The van der Waals surface area contributed by atoms with Gasteiger partial charge in [0.15, 0.2) is 0 Å². The molecule has 0 aromatic heterocycles. The summed E-state index contributed by atoms with van der Waals surface area (Å²) in [4.78, 5) is 1.22. The van der Waals surface area contributed by atoms with Crippen molar-refractivity contribution in [2.24, 2.45) is 21.7 Å². The second kappa shape index (κ2) is 7.50. The minimum absolute atomic E-state index is 0.0376. The van der Waals surface area contributed by atoms with E-state index in [0.29, 0.717) is 0 Å². The number of hydrogen-bond donors (Lipinski definition) is 2. The van der Waals surface area contributed by atoms with E-state index < -0.39 is 0 Å². The smallest absolute Gasteiger partial charge is 0.211 e. The van der Waals surface area contributed by atoms with Crippen LogP contribution in [-0.2, 0) is 5.75 Å². The lowest BCUT2D eigenvalue weighted by Crippen LogP contribution is -2.22. The van der Waals surface area contributed by atoms with Crippen molar-refractivity contribution in [1.29, 1.82) is 0 Å². The summed E-state index contributed by atoms with van der Waals surface area (Å²) >= 11 is 1.80. The molecule has 0 amide bonds. The molecular formula is C16H18N4S. The molecule has 0 saturated heterocycles. The zero-order valence-corrected chi connectivity index (χ0v) is 12.7. The number of hydrogen-bond acceptors (Lipinski definition) is 3. The molecule has 0 aliphatic rings. The van der Waals surface area contributed by atoms with Crippen LogP contribution < -0.4 is 11.5 Å². The summed E-state index contributed by atoms with van der Waals surface area (Å²) < 4.78 is 0. The van der Waals surface area contributed by atoms with Crippen LogP contribution in [0.4, 0.5) is 0 Å². The highest BCUT2D eigenvalue weighted by molar-refractivity contribution is 7.98. The SMILES string of the molecule is C/C(=N\N=C(N)N)c1ccc(SCc2ccccc2)cc1. The molecule has 2 rings (SSSR count). The van der Waals surface area contributed by atoms with E-state index in [-0.39, 0.29) is 5.96 Å². The van der Waals surface area contributed by atoms with Gasteiger partial charge >= 0.3 is 0 Å². The normalized spacial score (nSPS) is 11.2. The zero-order chi connectivity index (χ0) is 15.1. The van der Waals surface area contributed by atoms with Crippen molar-refractivity contribution in [1.82, 2.24) is 0 Å². The third-order valence-electron chi connectivity index (χ3n) is 2.84. The van der Waals surface area contributed by atoms with Crippen molar-refractivity contribution in [3.63, 3.8) is 0 Å². The molecule has 0 spiro atoms. The van der Waals surface area contributed by atoms with Gasteiger partial charge < -0.3 is 11.5 Å². The lowest BCUT2D eigenvalue weighted by Gasteiger charge is -2.04. The maximum absolute atomic E-state index is 5.26. The first-order valence-electron chi connectivity index (χ1n) is 6.55. The van der Waals surface area contributed by atoms with E-state index in [1.54, 1.807) is 11.8 Å². The van der Waals surface area contributed by atoms with Crippen LogP contribution >= 0.6 is 11.8 Å². The van der Waals surface area contributed by atoms with Gasteiger partial charge in [0, 0.05) is 10.6 Å². The Bertz CT molecular complexity index is 629. The number of guanidine groups is 1. The predicted octanol–water partition coefficient (Wildman–Crippen LogP) is 2.98. The summed E-state index contributed by atoms with van der Waals surface area (Å²) in [5.41, 5.74) is 13.6. The molecule has 4 N–H and O–H groups in total. The third-order valence-corrected chi connectivity index (χ3v) is 3.92. The van der Waals surface area contributed by atoms with E-state index in [2.05, 4.69) is 46.6 Å². The van der Waals surface area contributed by atoms with Crippen LogP contribution in [0, 0.1) is 0 Å². The van der Waals surface area contributed by atoms with Gasteiger partial charge in [-0.2, -0.15) is 5.10 Å². The molecule has 0 aliphatic heterocycles. The Hall–Kier alpha value is -2.27. The van der Waals surface area contributed by atoms with Gasteiger partial charge in [0.1, 0.15) is 0 Å². The van der Waals surface area contributed by atoms with E-state index in [4.69, 9.17) is 11.5 Å². The first kappa shape index (κ1) is 15.1. The molecule has 5 heteroatoms. The van der Waals surface area contributed by atoms with Crippen molar-refractivity contribution in [3.05, 3.63) is 65.7 Å². The average Bonchev–Trinajstić information content (AvgIpc) is 2.52. The van der Waals surface area contributed by atoms with Crippen molar-refractivity contribution >= 4 is 23.4 Å². The molecular weight excluding hydrogens is 280 g/mol. The molecule has 0 saturated carbocycles. The number of thioether (sulfide) groups is 1. The van der Waals surface area contributed by atoms with Gasteiger partial charge in [0.05, 0.1) is 5.71 Å². The van der Waals surface area contributed by atoms with Crippen molar-refractivity contribution in [2.75, 3.05) is 0 Å². The highest BCUT2D eigenvalue weighted by Gasteiger charge is 2.00. The predicted molar refractivity (Wildman–Crippen MR) is 90.5 cm³/mol. The van der Waals surface area contributed by atoms with Crippen LogP contribution in [0.3, 0.4) is 0 Å². The summed E-state index contributed by atoms with van der Waals surface area (Å²) in [6, 6.07) is 18.6. The molecule has 0 aliphatic carbocycles. The highest BCUT2D eigenvalue weighted by atomic mass is 32.2. The molecule has 0 radical (unpaired) electrons. The van der Waals surface area contributed by atoms with E-state index in [0.717, 1.165) is 17.0 Å². The van der Waals surface area contributed by atoms with Gasteiger partial charge in [-0.1, -0.05) is 42.5 Å². The molecule has 0 unspecified atom stereocenters. The Morgan fingerprint density at radius 1 is 0.952 bits per heavy atom. The Balaban J connectivity index is 1.99. The highest BCUT2D eigenvalue weighted by Crippen LogP contribution is 2.23. The summed E-state index contributed by atoms with van der Waals surface area (Å²) in [5.74, 6) is 0.922. The van der Waals surface area contributed by atoms with Gasteiger partial charge in [-0.25, -0.2) is 0 Å². The monoisotopic (exact) mass is 298 g/mol. The number of rotatable bonds is 5. The zero-order valence-electron chi connectivity index (χ0n) is 11.9. The van der Waals surface area contributed by atoms with Crippen LogP contribution in [0.5, 0.6) is 0 Å². The van der Waals surface area contributed by atoms with Crippen LogP contribution in [0.25, 0.3) is 0 Å². The third kappa shape index (κ3) is 4.96. The maximum Gasteiger partial charge on any atom is 0.211 e. The molecule has 0 fully saturated rings. The molecule has 4 nitrogen and oxygen atoms in total. The van der Waals surface area contributed by atoms with Crippen molar-refractivity contribution < 1.29 is 0 Å². The quantitative estimate of drug-likeness (QED) is 0.385. The summed E-state index contributed by atoms with van der Waals surface area (Å²) in [5, 5.41) is 7.62. The molecule has 2 aromatic rings. The van der Waals surface area contributed by atoms with Crippen molar-refractivity contribution in [2.45, 2.75) is 17.6 Å². The Morgan fingerprint density at radius 2 is 1.62 bits per heavy atom. The molecule has 2 aromatic carbocycles. The largest absolute Gasteiger partial charge is 0.369 e. The fourth-order valence-corrected chi connectivity index (χ4v) is 2.58. The van der Waals surface area contributed by atoms with E-state index in [9.17, 15) is 0 Å². The second-order valence-corrected chi connectivity index (χ2v) is 5.56. The average molecular weight is 298 g/mol. The fraction of sp³-hybridized carbons (Fsp3) is 0.125. The number of nitrogens with two attached hydrogens (primary N) is 2. The van der Waals surface area contributed by atoms with Crippen molar-refractivity contribution in [3.8, 4) is 0 Å². The summed E-state index contributed by atoms with van der Waals surface area (Å²) in [7, 11) is 0. The molecule has 0 atom stereocenters. The number of benzene rings is 2. The first-order chi connectivity index (χ1) is 10.1. The minimum atomic E-state index is -0.0376. The van der Waals surface area contributed by atoms with Gasteiger partial charge in [-0.15, -0.1) is 16.9 Å². The topological polar surface area (TPSA) is 76.8 Å². The second-order valence-electron chi connectivity index (χ2n) is 4.51. The molecule has 0 bridgehead atoms. The van der Waals surface area contributed by atoms with E-state index >= 15 is 0 Å². The van der Waals surface area contributed by atoms with Crippen LogP contribution in [0.2, 0.25) is 0 Å². The molecule has 108 valence electrons. The van der Waals surface area contributed by atoms with Gasteiger partial charge in [0.2, 0.25) is 5.96 Å². The minimum Gasteiger partial charge on any atom is -0.369 e. The van der Waals surface area contributed by atoms with E-state index in [1.807, 2.05) is 25.1 Å². The van der Waals surface area contributed by atoms with Crippen LogP contribution in [-0.4, -0.2) is 11.7 Å². The first-order valence-corrected chi connectivity index (χ1v) is 7.54. The Morgan fingerprint density at radius 3 is 2.24 bits per heavy atom. The lowest BCUT2D eigenvalue weighted by molar-refractivity contribution is 1.19. The van der Waals surface area contributed by atoms with Gasteiger partial charge in [0.25, 0.3) is 0 Å². The van der Waals surface area contributed by atoms with Crippen LogP contribution in [0.1, 0.15) is 18.1 Å². The Labute approximate surface area is 129 Å². The van der Waals surface area contributed by atoms with Crippen LogP contribution in [0.15, 0.2) is 69.7 Å². The van der Waals surface area contributed by atoms with Gasteiger partial charge in [-0.3, -0.25) is 0 Å². The fourth-order valence-electron chi connectivity index (χ4n) is 1.72. The standard InChI is InChI=1S/C16H18N4S/c1-12(19-20-16(17)18)14-7-9-15(10-8-14)21-11-13-5-3-2-4-6-13/h2-10H,11H2,1H3,(H4,17,18,20)/b19-12+. The van der Waals surface area contributed by atoms with E-state index in [1.165, 1.54) is 10.5 Å². The summed E-state index contributed by atoms with van der Waals surface area (Å²) in [6.07, 6.45) is 0. The lowest BCUT2D eigenvalue weighted by atomic mass is 10.1. The molecule has 0 heterocycles. The molecule has 21 heavy (non-hydrogen) atoms. The number of nitrogens with zero attached hydrogens (tertiary/aromatic N) is 2. The maximum atomic E-state index is 5.26. The summed E-state index contributed by atoms with van der Waals surface area (Å²) in [6.45, 7) is 1.87. The Kier molecular flexibility index (Phi) is 5.40.